The average Bonchev–Trinajstić information content (AvgIpc) is 3.15. The highest BCUT2D eigenvalue weighted by Crippen LogP contribution is 2.21. The number of hydrogen-bond donors (Lipinski definition) is 1. The number of Topliss-reactive ketones (excluding diaryl/α,β-unsaturated/α-hetero) is 1. The molecule has 0 radical (unpaired) electrons. The van der Waals surface area contributed by atoms with Gasteiger partial charge in [0.05, 0.1) is 0 Å². The number of nitrogens with one attached hydrogen (secondary N) is 1. The van der Waals surface area contributed by atoms with Gasteiger partial charge in [0.2, 0.25) is 5.91 Å². The summed E-state index contributed by atoms with van der Waals surface area (Å²) in [5.74, 6) is 0.124. The molecule has 5 heteroatoms. The van der Waals surface area contributed by atoms with Crippen LogP contribution in [0.4, 0.5) is 0 Å². The normalized spacial score (nSPS) is 16.0. The second kappa shape index (κ2) is 10.2. The molecule has 2 aromatic carbocycles. The molecule has 1 saturated heterocycles. The molecule has 27 heavy (non-hydrogen) atoms. The maximum atomic E-state index is 12.5. The number of halogens is 1. The van der Waals surface area contributed by atoms with Crippen molar-refractivity contribution in [3.63, 3.8) is 0 Å². The van der Waals surface area contributed by atoms with E-state index in [0.29, 0.717) is 12.0 Å². The third-order valence-corrected chi connectivity index (χ3v) is 5.02. The van der Waals surface area contributed by atoms with E-state index in [9.17, 15) is 9.59 Å². The molecule has 0 aliphatic carbocycles. The molecule has 1 aliphatic rings. The molecular formula is C22H27ClN2O2. The summed E-state index contributed by atoms with van der Waals surface area (Å²) in [5, 5.41) is 3.14. The Labute approximate surface area is 167 Å². The van der Waals surface area contributed by atoms with Gasteiger partial charge < -0.3 is 10.2 Å². The van der Waals surface area contributed by atoms with E-state index in [0.717, 1.165) is 37.1 Å². The first-order valence-electron chi connectivity index (χ1n) is 9.32. The van der Waals surface area contributed by atoms with Crippen molar-refractivity contribution >= 4 is 24.1 Å². The number of carbonyl (C=O) groups is 2. The molecule has 4 nitrogen and oxygen atoms in total. The van der Waals surface area contributed by atoms with E-state index in [1.54, 1.807) is 0 Å². The lowest BCUT2D eigenvalue weighted by Crippen LogP contribution is -2.40. The van der Waals surface area contributed by atoms with E-state index < -0.39 is 0 Å². The maximum absolute atomic E-state index is 12.5. The minimum absolute atomic E-state index is 0. The molecule has 0 saturated carbocycles. The number of benzene rings is 2. The first-order valence-corrected chi connectivity index (χ1v) is 9.32. The quantitative estimate of drug-likeness (QED) is 0.733. The van der Waals surface area contributed by atoms with Crippen LogP contribution in [0.25, 0.3) is 11.1 Å². The van der Waals surface area contributed by atoms with Crippen molar-refractivity contribution in [1.82, 2.24) is 10.2 Å². The largest absolute Gasteiger partial charge is 0.338 e. The van der Waals surface area contributed by atoms with Crippen LogP contribution in [0.2, 0.25) is 0 Å². The zero-order valence-electron chi connectivity index (χ0n) is 15.7. The smallest absolute Gasteiger partial charge is 0.223 e. The van der Waals surface area contributed by atoms with Gasteiger partial charge in [0.1, 0.15) is 0 Å². The molecule has 1 fully saturated rings. The number of likely N-dealkylation sites (tertiary alicyclic amines) is 1. The van der Waals surface area contributed by atoms with Crippen LogP contribution in [-0.4, -0.2) is 42.8 Å². The van der Waals surface area contributed by atoms with Crippen LogP contribution in [0.3, 0.4) is 0 Å². The number of carbonyl (C=O) groups excluding carboxylic acids is 2. The highest BCUT2D eigenvalue weighted by atomic mass is 35.5. The first-order chi connectivity index (χ1) is 12.7. The lowest BCUT2D eigenvalue weighted by atomic mass is 10.0. The molecular weight excluding hydrogens is 360 g/mol. The van der Waals surface area contributed by atoms with Gasteiger partial charge in [-0.05, 0) is 31.0 Å². The highest BCUT2D eigenvalue weighted by Gasteiger charge is 2.28. The molecule has 1 aliphatic heterocycles. The average molecular weight is 387 g/mol. The topological polar surface area (TPSA) is 49.4 Å². The Balaban J connectivity index is 0.00000261. The zero-order valence-corrected chi connectivity index (χ0v) is 16.5. The molecule has 1 unspecified atom stereocenters. The van der Waals surface area contributed by atoms with Crippen molar-refractivity contribution in [2.45, 2.75) is 31.7 Å². The summed E-state index contributed by atoms with van der Waals surface area (Å²) < 4.78 is 0. The van der Waals surface area contributed by atoms with Crippen LogP contribution in [0.5, 0.6) is 0 Å². The van der Waals surface area contributed by atoms with Gasteiger partial charge in [-0.1, -0.05) is 54.6 Å². The summed E-state index contributed by atoms with van der Waals surface area (Å²) in [4.78, 5) is 26.8. The summed E-state index contributed by atoms with van der Waals surface area (Å²) in [5.41, 5.74) is 2.89. The Morgan fingerprint density at radius 3 is 2.33 bits per heavy atom. The van der Waals surface area contributed by atoms with E-state index in [1.807, 2.05) is 66.5 Å². The second-order valence-electron chi connectivity index (χ2n) is 6.81. The van der Waals surface area contributed by atoms with E-state index >= 15 is 0 Å². The predicted octanol–water partition coefficient (Wildman–Crippen LogP) is 3.95. The fourth-order valence-electron chi connectivity index (χ4n) is 3.60. The van der Waals surface area contributed by atoms with Crippen LogP contribution in [0.15, 0.2) is 54.6 Å². The maximum Gasteiger partial charge on any atom is 0.223 e. The van der Waals surface area contributed by atoms with Gasteiger partial charge in [-0.25, -0.2) is 0 Å². The van der Waals surface area contributed by atoms with Crippen molar-refractivity contribution in [3.05, 3.63) is 60.2 Å². The van der Waals surface area contributed by atoms with Gasteiger partial charge in [-0.2, -0.15) is 0 Å². The van der Waals surface area contributed by atoms with Gasteiger partial charge >= 0.3 is 0 Å². The number of hydrogen-bond acceptors (Lipinski definition) is 3. The van der Waals surface area contributed by atoms with Crippen molar-refractivity contribution in [1.29, 1.82) is 0 Å². The van der Waals surface area contributed by atoms with Crippen LogP contribution >= 0.6 is 12.4 Å². The van der Waals surface area contributed by atoms with Crippen molar-refractivity contribution in [2.75, 3.05) is 20.1 Å². The van der Waals surface area contributed by atoms with Gasteiger partial charge in [0, 0.05) is 37.5 Å². The second-order valence-corrected chi connectivity index (χ2v) is 6.81. The van der Waals surface area contributed by atoms with Crippen LogP contribution in [0.1, 0.15) is 36.0 Å². The Hall–Kier alpha value is -2.17. The minimum atomic E-state index is 0. The predicted molar refractivity (Wildman–Crippen MR) is 111 cm³/mol. The van der Waals surface area contributed by atoms with Crippen molar-refractivity contribution < 1.29 is 9.59 Å². The molecule has 144 valence electrons. The van der Waals surface area contributed by atoms with E-state index in [-0.39, 0.29) is 36.6 Å². The monoisotopic (exact) mass is 386 g/mol. The highest BCUT2D eigenvalue weighted by molar-refractivity contribution is 5.98. The fourth-order valence-corrected chi connectivity index (χ4v) is 3.60. The Morgan fingerprint density at radius 1 is 1.00 bits per heavy atom. The molecule has 1 atom stereocenters. The van der Waals surface area contributed by atoms with Gasteiger partial charge in [-0.3, -0.25) is 9.59 Å². The Bertz CT molecular complexity index is 747. The number of amides is 1. The molecule has 0 aromatic heterocycles. The Kier molecular flexibility index (Phi) is 8.01. The van der Waals surface area contributed by atoms with Crippen molar-refractivity contribution in [2.24, 2.45) is 0 Å². The van der Waals surface area contributed by atoms with Crippen LogP contribution in [-0.2, 0) is 4.79 Å². The summed E-state index contributed by atoms with van der Waals surface area (Å²) in [6, 6.07) is 18.0. The first kappa shape index (κ1) is 21.1. The lowest BCUT2D eigenvalue weighted by Gasteiger charge is -2.24. The Morgan fingerprint density at radius 2 is 1.67 bits per heavy atom. The molecule has 3 rings (SSSR count). The van der Waals surface area contributed by atoms with E-state index in [1.165, 1.54) is 0 Å². The van der Waals surface area contributed by atoms with Crippen molar-refractivity contribution in [3.8, 4) is 11.1 Å². The van der Waals surface area contributed by atoms with Gasteiger partial charge in [-0.15, -0.1) is 12.4 Å². The zero-order chi connectivity index (χ0) is 18.4. The van der Waals surface area contributed by atoms with Gasteiger partial charge in [0.25, 0.3) is 0 Å². The van der Waals surface area contributed by atoms with E-state index in [2.05, 4.69) is 5.32 Å². The third kappa shape index (κ3) is 5.41. The molecule has 2 aromatic rings. The van der Waals surface area contributed by atoms with Crippen LogP contribution in [0, 0.1) is 0 Å². The third-order valence-electron chi connectivity index (χ3n) is 5.02. The fraction of sp³-hybridized carbons (Fsp3) is 0.364. The molecule has 1 heterocycles. The molecule has 0 spiro atoms. The molecule has 1 amide bonds. The number of nitrogens with zero attached hydrogens (tertiary/aromatic N) is 1. The summed E-state index contributed by atoms with van der Waals surface area (Å²) in [6.45, 7) is 1.63. The molecule has 1 N–H and O–H groups in total. The number of likely N-dealkylation sites (N-methyl/N-ethyl adjacent to an activating group) is 1. The number of ketones is 1. The summed E-state index contributed by atoms with van der Waals surface area (Å²) in [6.07, 6.45) is 2.65. The lowest BCUT2D eigenvalue weighted by molar-refractivity contribution is -0.131. The summed E-state index contributed by atoms with van der Waals surface area (Å²) in [7, 11) is 1.91. The van der Waals surface area contributed by atoms with Gasteiger partial charge in [0.15, 0.2) is 5.78 Å². The minimum Gasteiger partial charge on any atom is -0.338 e. The molecule has 0 bridgehead atoms. The van der Waals surface area contributed by atoms with E-state index in [4.69, 9.17) is 0 Å². The standard InChI is InChI=1S/C22H26N2O2.ClH/c1-23-16-20-8-5-15-24(20)22(26)14-13-21(25)19-11-9-18(10-12-19)17-6-3-2-4-7-17;/h2-4,6-7,9-12,20,23H,5,8,13-16H2,1H3;1H. The van der Waals surface area contributed by atoms with Crippen LogP contribution < -0.4 is 5.32 Å². The SMILES string of the molecule is CNCC1CCCN1C(=O)CCC(=O)c1ccc(-c2ccccc2)cc1.Cl. The summed E-state index contributed by atoms with van der Waals surface area (Å²) >= 11 is 0. The number of rotatable bonds is 7.